The van der Waals surface area contributed by atoms with E-state index in [0.29, 0.717) is 12.0 Å². The van der Waals surface area contributed by atoms with Crippen molar-refractivity contribution in [2.24, 2.45) is 0 Å². The summed E-state index contributed by atoms with van der Waals surface area (Å²) in [7, 11) is -2.73. The molecule has 6 nitrogen and oxygen atoms in total. The van der Waals surface area contributed by atoms with Gasteiger partial charge >= 0.3 is 5.97 Å². The lowest BCUT2D eigenvalue weighted by Gasteiger charge is -2.38. The van der Waals surface area contributed by atoms with Crippen molar-refractivity contribution in [2.45, 2.75) is 30.3 Å². The smallest absolute Gasteiger partial charge is 0.337 e. The first-order valence-electron chi connectivity index (χ1n) is 6.77. The van der Waals surface area contributed by atoms with Gasteiger partial charge in [-0.1, -0.05) is 0 Å². The maximum absolute atomic E-state index is 13.5. The van der Waals surface area contributed by atoms with Crippen LogP contribution >= 0.6 is 0 Å². The van der Waals surface area contributed by atoms with Gasteiger partial charge in [-0.2, -0.15) is 4.31 Å². The van der Waals surface area contributed by atoms with Gasteiger partial charge in [0, 0.05) is 13.7 Å². The zero-order valence-electron chi connectivity index (χ0n) is 12.4. The number of benzene rings is 1. The van der Waals surface area contributed by atoms with Crippen LogP contribution in [0.1, 0.15) is 18.4 Å². The maximum Gasteiger partial charge on any atom is 0.337 e. The van der Waals surface area contributed by atoms with E-state index in [-0.39, 0.29) is 24.4 Å². The summed E-state index contributed by atoms with van der Waals surface area (Å²) in [5, 5.41) is 9.32. The molecule has 1 unspecified atom stereocenters. The minimum absolute atomic E-state index is 0.177. The summed E-state index contributed by atoms with van der Waals surface area (Å²) in [5.74, 6) is -1.85. The predicted molar refractivity (Wildman–Crippen MR) is 76.5 cm³/mol. The monoisotopic (exact) mass is 331 g/mol. The molecule has 2 rings (SSSR count). The predicted octanol–water partition coefficient (Wildman–Crippen LogP) is 1.39. The Labute approximate surface area is 128 Å². The van der Waals surface area contributed by atoms with Crippen molar-refractivity contribution < 1.29 is 27.4 Å². The van der Waals surface area contributed by atoms with E-state index >= 15 is 0 Å². The molecule has 1 N–H and O–H groups in total. The lowest BCUT2D eigenvalue weighted by atomic mass is 9.94. The van der Waals surface area contributed by atoms with Gasteiger partial charge in [-0.15, -0.1) is 0 Å². The van der Waals surface area contributed by atoms with E-state index in [0.717, 1.165) is 10.4 Å². The Bertz CT molecular complexity index is 670. The first kappa shape index (κ1) is 16.9. The topological polar surface area (TPSA) is 83.9 Å². The minimum atomic E-state index is -3.97. The van der Waals surface area contributed by atoms with Crippen molar-refractivity contribution >= 4 is 16.0 Å². The van der Waals surface area contributed by atoms with E-state index in [4.69, 9.17) is 4.74 Å². The number of hydrogen-bond donors (Lipinski definition) is 1. The van der Waals surface area contributed by atoms with Gasteiger partial charge in [0.05, 0.1) is 11.4 Å². The van der Waals surface area contributed by atoms with Crippen molar-refractivity contribution in [1.82, 2.24) is 4.31 Å². The molecule has 22 heavy (non-hydrogen) atoms. The number of hydrogen-bond acceptors (Lipinski definition) is 4. The standard InChI is InChI=1S/C14H18FNO5S/c1-10-6-11(15)8-12(7-10)22(19,20)16-5-3-4-14(9-16,21-2)13(17)18/h6-8H,3-5,9H2,1-2H3,(H,17,18). The fraction of sp³-hybridized carbons (Fsp3) is 0.500. The van der Waals surface area contributed by atoms with Crippen molar-refractivity contribution in [3.63, 3.8) is 0 Å². The van der Waals surface area contributed by atoms with Gasteiger partial charge in [0.25, 0.3) is 0 Å². The zero-order chi connectivity index (χ0) is 16.5. The average Bonchev–Trinajstić information content (AvgIpc) is 2.46. The molecule has 0 radical (unpaired) electrons. The molecule has 122 valence electrons. The third-order valence-corrected chi connectivity index (χ3v) is 5.68. The highest BCUT2D eigenvalue weighted by Gasteiger charge is 2.46. The highest BCUT2D eigenvalue weighted by atomic mass is 32.2. The molecule has 0 bridgehead atoms. The van der Waals surface area contributed by atoms with Gasteiger partial charge in [0.15, 0.2) is 5.60 Å². The van der Waals surface area contributed by atoms with E-state index < -0.39 is 27.4 Å². The highest BCUT2D eigenvalue weighted by Crippen LogP contribution is 2.29. The van der Waals surface area contributed by atoms with Crippen LogP contribution in [0.3, 0.4) is 0 Å². The lowest BCUT2D eigenvalue weighted by Crippen LogP contribution is -2.55. The number of ether oxygens (including phenoxy) is 1. The number of aliphatic carboxylic acids is 1. The average molecular weight is 331 g/mol. The molecule has 0 aliphatic carbocycles. The van der Waals surface area contributed by atoms with Crippen LogP contribution in [0, 0.1) is 12.7 Å². The molecular weight excluding hydrogens is 313 g/mol. The van der Waals surface area contributed by atoms with Crippen LogP contribution in [0.4, 0.5) is 4.39 Å². The normalized spacial score (nSPS) is 23.4. The van der Waals surface area contributed by atoms with Crippen molar-refractivity contribution in [1.29, 1.82) is 0 Å². The summed E-state index contributed by atoms with van der Waals surface area (Å²) < 4.78 is 44.8. The summed E-state index contributed by atoms with van der Waals surface area (Å²) in [6.07, 6.45) is 0.584. The number of halogens is 1. The van der Waals surface area contributed by atoms with Crippen LogP contribution in [0.2, 0.25) is 0 Å². The van der Waals surface area contributed by atoms with Crippen molar-refractivity contribution in [3.05, 3.63) is 29.6 Å². The number of piperidine rings is 1. The Morgan fingerprint density at radius 3 is 2.64 bits per heavy atom. The Kier molecular flexibility index (Phi) is 4.55. The summed E-state index contributed by atoms with van der Waals surface area (Å²) in [4.78, 5) is 11.2. The SMILES string of the molecule is COC1(C(=O)O)CCCN(S(=O)(=O)c2cc(C)cc(F)c2)C1. The number of rotatable bonds is 4. The van der Waals surface area contributed by atoms with Crippen LogP contribution in [-0.2, 0) is 19.6 Å². The second-order valence-electron chi connectivity index (χ2n) is 5.41. The first-order valence-corrected chi connectivity index (χ1v) is 8.21. The highest BCUT2D eigenvalue weighted by molar-refractivity contribution is 7.89. The third kappa shape index (κ3) is 2.99. The molecule has 1 atom stereocenters. The van der Waals surface area contributed by atoms with Gasteiger partial charge in [-0.05, 0) is 43.5 Å². The molecule has 0 amide bonds. The van der Waals surface area contributed by atoms with Crippen LogP contribution in [0.15, 0.2) is 23.1 Å². The van der Waals surface area contributed by atoms with Gasteiger partial charge in [0.1, 0.15) is 5.82 Å². The molecule has 1 aliphatic heterocycles. The molecule has 1 aromatic carbocycles. The molecule has 1 heterocycles. The quantitative estimate of drug-likeness (QED) is 0.901. The van der Waals surface area contributed by atoms with E-state index in [1.165, 1.54) is 19.2 Å². The number of nitrogens with zero attached hydrogens (tertiary/aromatic N) is 1. The van der Waals surface area contributed by atoms with Gasteiger partial charge < -0.3 is 9.84 Å². The summed E-state index contributed by atoms with van der Waals surface area (Å²) in [6.45, 7) is 1.47. The largest absolute Gasteiger partial charge is 0.479 e. The van der Waals surface area contributed by atoms with Crippen molar-refractivity contribution in [2.75, 3.05) is 20.2 Å². The summed E-state index contributed by atoms with van der Waals surface area (Å²) in [6, 6.07) is 3.53. The number of methoxy groups -OCH3 is 1. The van der Waals surface area contributed by atoms with Crippen LogP contribution in [0.25, 0.3) is 0 Å². The van der Waals surface area contributed by atoms with Gasteiger partial charge in [0.2, 0.25) is 10.0 Å². The number of carboxylic acids is 1. The fourth-order valence-corrected chi connectivity index (χ4v) is 4.26. The Hall–Kier alpha value is -1.51. The molecule has 8 heteroatoms. The first-order chi connectivity index (χ1) is 10.2. The minimum Gasteiger partial charge on any atom is -0.479 e. The van der Waals surface area contributed by atoms with E-state index in [9.17, 15) is 22.7 Å². The number of aryl methyl sites for hydroxylation is 1. The fourth-order valence-electron chi connectivity index (χ4n) is 2.62. The molecule has 1 aliphatic rings. The van der Waals surface area contributed by atoms with Crippen LogP contribution in [-0.4, -0.2) is 49.6 Å². The van der Waals surface area contributed by atoms with Gasteiger partial charge in [-0.3, -0.25) is 0 Å². The summed E-state index contributed by atoms with van der Waals surface area (Å²) >= 11 is 0. The molecule has 1 saturated heterocycles. The molecule has 0 aromatic heterocycles. The molecule has 1 fully saturated rings. The molecular formula is C14H18FNO5S. The van der Waals surface area contributed by atoms with E-state index in [2.05, 4.69) is 0 Å². The van der Waals surface area contributed by atoms with Crippen molar-refractivity contribution in [3.8, 4) is 0 Å². The van der Waals surface area contributed by atoms with Gasteiger partial charge in [-0.25, -0.2) is 17.6 Å². The Balaban J connectivity index is 2.39. The van der Waals surface area contributed by atoms with Crippen LogP contribution < -0.4 is 0 Å². The number of carboxylic acid groups (broad SMARTS) is 1. The maximum atomic E-state index is 13.5. The second kappa shape index (κ2) is 5.94. The van der Waals surface area contributed by atoms with E-state index in [1.807, 2.05) is 0 Å². The Morgan fingerprint density at radius 1 is 1.41 bits per heavy atom. The van der Waals surface area contributed by atoms with E-state index in [1.54, 1.807) is 6.92 Å². The second-order valence-corrected chi connectivity index (χ2v) is 7.35. The molecule has 0 spiro atoms. The number of sulfonamides is 1. The molecule has 1 aromatic rings. The van der Waals surface area contributed by atoms with Crippen LogP contribution in [0.5, 0.6) is 0 Å². The zero-order valence-corrected chi connectivity index (χ0v) is 13.2. The third-order valence-electron chi connectivity index (χ3n) is 3.85. The summed E-state index contributed by atoms with van der Waals surface area (Å²) in [5.41, 5.74) is -1.08. The number of carbonyl (C=O) groups is 1. The lowest BCUT2D eigenvalue weighted by molar-refractivity contribution is -0.166. The Morgan fingerprint density at radius 2 is 2.09 bits per heavy atom. The molecule has 0 saturated carbocycles.